The van der Waals surface area contributed by atoms with Crippen LogP contribution in [-0.2, 0) is 32.2 Å². The molecule has 0 N–H and O–H groups in total. The maximum absolute atomic E-state index is 12.1. The van der Waals surface area contributed by atoms with Crippen LogP contribution in [0.15, 0.2) is 15.8 Å². The molecule has 21 heavy (non-hydrogen) atoms. The Labute approximate surface area is 120 Å². The molecule has 0 saturated heterocycles. The van der Waals surface area contributed by atoms with Gasteiger partial charge in [0.1, 0.15) is 13.1 Å². The minimum Gasteiger partial charge on any atom is -0.465 e. The summed E-state index contributed by atoms with van der Waals surface area (Å²) in [5.74, 6) is -1.29. The lowest BCUT2D eigenvalue weighted by Crippen LogP contribution is -2.43. The molecule has 1 rings (SSSR count). The molecule has 0 bridgehead atoms. The van der Waals surface area contributed by atoms with E-state index in [4.69, 9.17) is 9.47 Å². The predicted octanol–water partition coefficient (Wildman–Crippen LogP) is -0.555. The summed E-state index contributed by atoms with van der Waals surface area (Å²) in [5.41, 5.74) is -1.11. The van der Waals surface area contributed by atoms with Crippen LogP contribution in [0.1, 0.15) is 19.4 Å². The Morgan fingerprint density at radius 1 is 1.05 bits per heavy atom. The van der Waals surface area contributed by atoms with Gasteiger partial charge in [-0.2, -0.15) is 0 Å². The third-order valence-corrected chi connectivity index (χ3v) is 2.61. The Kier molecular flexibility index (Phi) is 5.89. The van der Waals surface area contributed by atoms with Crippen molar-refractivity contribution in [3.05, 3.63) is 32.6 Å². The van der Waals surface area contributed by atoms with Crippen LogP contribution < -0.4 is 11.2 Å². The molecular weight excluding hydrogens is 280 g/mol. The SMILES string of the molecule is CCOC(=O)Cn1cc(C)c(=O)n(CC(=O)OCC)c1=O. The highest BCUT2D eigenvalue weighted by molar-refractivity contribution is 5.69. The molecule has 1 aromatic heterocycles. The molecule has 0 amide bonds. The standard InChI is InChI=1S/C13H18N2O6/c1-4-20-10(16)7-14-6-9(3)12(18)15(13(14)19)8-11(17)21-5-2/h6H,4-5,7-8H2,1-3H3. The first kappa shape index (κ1) is 16.7. The number of rotatable bonds is 6. The number of aryl methyl sites for hydroxylation is 1. The lowest BCUT2D eigenvalue weighted by atomic mass is 10.3. The highest BCUT2D eigenvalue weighted by atomic mass is 16.5. The number of aromatic nitrogens is 2. The van der Waals surface area contributed by atoms with Gasteiger partial charge >= 0.3 is 17.6 Å². The number of esters is 2. The first-order chi connectivity index (χ1) is 9.90. The van der Waals surface area contributed by atoms with Gasteiger partial charge in [-0.3, -0.25) is 19.0 Å². The molecular formula is C13H18N2O6. The van der Waals surface area contributed by atoms with Crippen molar-refractivity contribution in [2.24, 2.45) is 0 Å². The zero-order valence-electron chi connectivity index (χ0n) is 12.2. The zero-order valence-corrected chi connectivity index (χ0v) is 12.2. The summed E-state index contributed by atoms with van der Waals surface area (Å²) < 4.78 is 11.2. The Morgan fingerprint density at radius 3 is 2.10 bits per heavy atom. The lowest BCUT2D eigenvalue weighted by molar-refractivity contribution is -0.144. The number of hydrogen-bond donors (Lipinski definition) is 0. The Balaban J connectivity index is 3.16. The summed E-state index contributed by atoms with van der Waals surface area (Å²) in [4.78, 5) is 46.9. The molecule has 0 aliphatic rings. The molecule has 8 heteroatoms. The minimum atomic E-state index is -0.758. The second-order valence-electron chi connectivity index (χ2n) is 4.22. The summed E-state index contributed by atoms with van der Waals surface area (Å²) in [7, 11) is 0. The van der Waals surface area contributed by atoms with E-state index in [9.17, 15) is 19.2 Å². The molecule has 116 valence electrons. The van der Waals surface area contributed by atoms with E-state index in [2.05, 4.69) is 0 Å². The average Bonchev–Trinajstić information content (AvgIpc) is 2.41. The second-order valence-corrected chi connectivity index (χ2v) is 4.22. The maximum Gasteiger partial charge on any atom is 0.332 e. The van der Waals surface area contributed by atoms with E-state index in [1.54, 1.807) is 13.8 Å². The molecule has 0 atom stereocenters. The van der Waals surface area contributed by atoms with Gasteiger partial charge in [0.2, 0.25) is 0 Å². The van der Waals surface area contributed by atoms with Gasteiger partial charge < -0.3 is 9.47 Å². The van der Waals surface area contributed by atoms with E-state index in [0.29, 0.717) is 0 Å². The fraction of sp³-hybridized carbons (Fsp3) is 0.538. The van der Waals surface area contributed by atoms with Crippen molar-refractivity contribution in [2.75, 3.05) is 13.2 Å². The normalized spacial score (nSPS) is 10.2. The number of ether oxygens (including phenoxy) is 2. The number of hydrogen-bond acceptors (Lipinski definition) is 6. The van der Waals surface area contributed by atoms with Gasteiger partial charge in [-0.05, 0) is 20.8 Å². The smallest absolute Gasteiger partial charge is 0.332 e. The molecule has 0 saturated carbocycles. The van der Waals surface area contributed by atoms with E-state index in [-0.39, 0.29) is 25.3 Å². The third-order valence-electron chi connectivity index (χ3n) is 2.61. The van der Waals surface area contributed by atoms with Gasteiger partial charge in [0, 0.05) is 11.8 Å². The summed E-state index contributed by atoms with van der Waals surface area (Å²) in [6, 6.07) is 0. The molecule has 1 heterocycles. The van der Waals surface area contributed by atoms with Crippen LogP contribution in [-0.4, -0.2) is 34.3 Å². The summed E-state index contributed by atoms with van der Waals surface area (Å²) in [6.45, 7) is 4.28. The number of carbonyl (C=O) groups excluding carboxylic acids is 2. The minimum absolute atomic E-state index is 0.149. The summed E-state index contributed by atoms with van der Waals surface area (Å²) in [6.07, 6.45) is 1.27. The van der Waals surface area contributed by atoms with Crippen LogP contribution in [0.4, 0.5) is 0 Å². The second kappa shape index (κ2) is 7.41. The van der Waals surface area contributed by atoms with Crippen LogP contribution in [0.5, 0.6) is 0 Å². The van der Waals surface area contributed by atoms with Crippen molar-refractivity contribution in [1.82, 2.24) is 9.13 Å². The van der Waals surface area contributed by atoms with Gasteiger partial charge in [-0.15, -0.1) is 0 Å². The van der Waals surface area contributed by atoms with Crippen LogP contribution >= 0.6 is 0 Å². The van der Waals surface area contributed by atoms with Crippen molar-refractivity contribution in [2.45, 2.75) is 33.9 Å². The summed E-state index contributed by atoms with van der Waals surface area (Å²) in [5, 5.41) is 0. The molecule has 0 aliphatic heterocycles. The largest absolute Gasteiger partial charge is 0.465 e. The number of nitrogens with zero attached hydrogens (tertiary/aromatic N) is 2. The van der Waals surface area contributed by atoms with Crippen molar-refractivity contribution in [3.63, 3.8) is 0 Å². The van der Waals surface area contributed by atoms with Crippen molar-refractivity contribution in [1.29, 1.82) is 0 Å². The topological polar surface area (TPSA) is 96.6 Å². The fourth-order valence-electron chi connectivity index (χ4n) is 1.73. The number of carbonyl (C=O) groups is 2. The Hall–Kier alpha value is -2.38. The molecule has 0 fully saturated rings. The molecule has 0 radical (unpaired) electrons. The monoisotopic (exact) mass is 298 g/mol. The summed E-state index contributed by atoms with van der Waals surface area (Å²) >= 11 is 0. The van der Waals surface area contributed by atoms with E-state index in [1.165, 1.54) is 13.1 Å². The molecule has 0 aromatic carbocycles. The fourth-order valence-corrected chi connectivity index (χ4v) is 1.73. The van der Waals surface area contributed by atoms with E-state index in [0.717, 1.165) is 9.13 Å². The third kappa shape index (κ3) is 4.30. The van der Waals surface area contributed by atoms with Crippen LogP contribution in [0.3, 0.4) is 0 Å². The van der Waals surface area contributed by atoms with Crippen LogP contribution in [0, 0.1) is 6.92 Å². The quantitative estimate of drug-likeness (QED) is 0.653. The molecule has 0 aliphatic carbocycles. The van der Waals surface area contributed by atoms with Gasteiger partial charge in [-0.25, -0.2) is 9.36 Å². The van der Waals surface area contributed by atoms with E-state index >= 15 is 0 Å². The van der Waals surface area contributed by atoms with E-state index < -0.39 is 29.7 Å². The first-order valence-electron chi connectivity index (χ1n) is 6.52. The first-order valence-corrected chi connectivity index (χ1v) is 6.52. The molecule has 0 spiro atoms. The van der Waals surface area contributed by atoms with Gasteiger partial charge in [0.25, 0.3) is 5.56 Å². The van der Waals surface area contributed by atoms with Gasteiger partial charge in [0.05, 0.1) is 13.2 Å². The van der Waals surface area contributed by atoms with Crippen molar-refractivity contribution >= 4 is 11.9 Å². The van der Waals surface area contributed by atoms with Gasteiger partial charge in [-0.1, -0.05) is 0 Å². The van der Waals surface area contributed by atoms with Crippen molar-refractivity contribution in [3.8, 4) is 0 Å². The van der Waals surface area contributed by atoms with Crippen LogP contribution in [0.25, 0.3) is 0 Å². The van der Waals surface area contributed by atoms with Crippen LogP contribution in [0.2, 0.25) is 0 Å². The highest BCUT2D eigenvalue weighted by Gasteiger charge is 2.15. The van der Waals surface area contributed by atoms with E-state index in [1.807, 2.05) is 0 Å². The maximum atomic E-state index is 12.1. The Morgan fingerprint density at radius 2 is 1.57 bits per heavy atom. The molecule has 1 aromatic rings. The van der Waals surface area contributed by atoms with Crippen molar-refractivity contribution < 1.29 is 19.1 Å². The molecule has 8 nitrogen and oxygen atoms in total. The predicted molar refractivity (Wildman–Crippen MR) is 73.0 cm³/mol. The Bertz CT molecular complexity index is 643. The van der Waals surface area contributed by atoms with Gasteiger partial charge in [0.15, 0.2) is 0 Å². The zero-order chi connectivity index (χ0) is 16.0. The molecule has 0 unspecified atom stereocenters. The lowest BCUT2D eigenvalue weighted by Gasteiger charge is -2.10. The highest BCUT2D eigenvalue weighted by Crippen LogP contribution is 1.91. The average molecular weight is 298 g/mol.